The molecule has 0 saturated carbocycles. The molecule has 1 aromatic carbocycles. The number of carbonyl (C=O) groups excluding carboxylic acids is 1. The van der Waals surface area contributed by atoms with Crippen LogP contribution in [0, 0.1) is 5.92 Å². The van der Waals surface area contributed by atoms with E-state index in [1.165, 1.54) is 0 Å². The minimum atomic E-state index is -3.60. The third-order valence-electron chi connectivity index (χ3n) is 4.50. The van der Waals surface area contributed by atoms with Gasteiger partial charge in [0.05, 0.1) is 11.9 Å². The number of carbonyl (C=O) groups is 1. The lowest BCUT2D eigenvalue weighted by Gasteiger charge is -2.33. The third-order valence-corrected chi connectivity index (χ3v) is 5.64. The number of anilines is 1. The van der Waals surface area contributed by atoms with Crippen LogP contribution in [-0.4, -0.2) is 58.3 Å². The van der Waals surface area contributed by atoms with Gasteiger partial charge in [0.1, 0.15) is 19.8 Å². The molecule has 25 heavy (non-hydrogen) atoms. The third kappa shape index (κ3) is 4.18. The van der Waals surface area contributed by atoms with Crippen LogP contribution in [-0.2, 0) is 14.8 Å². The molecule has 1 saturated heterocycles. The summed E-state index contributed by atoms with van der Waals surface area (Å²) in [6, 6.07) is 4.93. The highest BCUT2D eigenvalue weighted by atomic mass is 32.2. The van der Waals surface area contributed by atoms with E-state index in [9.17, 15) is 13.2 Å². The van der Waals surface area contributed by atoms with E-state index in [2.05, 4.69) is 6.92 Å². The van der Waals surface area contributed by atoms with Gasteiger partial charge in [0.15, 0.2) is 11.5 Å². The molecule has 0 spiro atoms. The summed E-state index contributed by atoms with van der Waals surface area (Å²) in [6.45, 7) is 4.15. The van der Waals surface area contributed by atoms with E-state index in [0.717, 1.165) is 23.4 Å². The van der Waals surface area contributed by atoms with Crippen LogP contribution in [0.5, 0.6) is 11.5 Å². The van der Waals surface area contributed by atoms with Crippen molar-refractivity contribution in [2.75, 3.05) is 43.4 Å². The summed E-state index contributed by atoms with van der Waals surface area (Å²) in [5, 5.41) is 0. The fourth-order valence-corrected chi connectivity index (χ4v) is 4.07. The van der Waals surface area contributed by atoms with E-state index < -0.39 is 10.0 Å². The summed E-state index contributed by atoms with van der Waals surface area (Å²) in [4.78, 5) is 14.4. The average Bonchev–Trinajstić information content (AvgIpc) is 2.58. The van der Waals surface area contributed by atoms with Gasteiger partial charge in [-0.15, -0.1) is 0 Å². The van der Waals surface area contributed by atoms with Gasteiger partial charge in [-0.3, -0.25) is 9.10 Å². The Kier molecular flexibility index (Phi) is 5.08. The number of piperidine rings is 1. The smallest absolute Gasteiger partial charge is 0.243 e. The maximum atomic E-state index is 12.6. The molecule has 0 aliphatic carbocycles. The van der Waals surface area contributed by atoms with Crippen molar-refractivity contribution >= 4 is 21.6 Å². The SMILES string of the molecule is C[C@@H]1CCCN(C(=O)CN(c2ccc3c(c2)OCCO3)S(C)(=O)=O)C1. The van der Waals surface area contributed by atoms with E-state index in [0.29, 0.717) is 49.4 Å². The second-order valence-electron chi connectivity index (χ2n) is 6.68. The van der Waals surface area contributed by atoms with Gasteiger partial charge in [0.2, 0.25) is 15.9 Å². The fraction of sp³-hybridized carbons (Fsp3) is 0.588. The van der Waals surface area contributed by atoms with Crippen LogP contribution in [0.25, 0.3) is 0 Å². The largest absolute Gasteiger partial charge is 0.486 e. The first kappa shape index (κ1) is 17.8. The van der Waals surface area contributed by atoms with Gasteiger partial charge in [-0.1, -0.05) is 6.92 Å². The summed E-state index contributed by atoms with van der Waals surface area (Å²) >= 11 is 0. The number of likely N-dealkylation sites (tertiary alicyclic amines) is 1. The Morgan fingerprint density at radius 2 is 2.00 bits per heavy atom. The van der Waals surface area contributed by atoms with Crippen LogP contribution in [0.3, 0.4) is 0 Å². The van der Waals surface area contributed by atoms with E-state index >= 15 is 0 Å². The Labute approximate surface area is 148 Å². The minimum Gasteiger partial charge on any atom is -0.486 e. The molecule has 138 valence electrons. The lowest BCUT2D eigenvalue weighted by atomic mass is 10.0. The Hall–Kier alpha value is -1.96. The highest BCUT2D eigenvalue weighted by Gasteiger charge is 2.27. The molecule has 1 fully saturated rings. The van der Waals surface area contributed by atoms with Crippen molar-refractivity contribution in [1.29, 1.82) is 0 Å². The predicted octanol–water partition coefficient (Wildman–Crippen LogP) is 1.48. The van der Waals surface area contributed by atoms with Gasteiger partial charge in [-0.25, -0.2) is 8.42 Å². The Morgan fingerprint density at radius 1 is 1.28 bits per heavy atom. The van der Waals surface area contributed by atoms with Crippen LogP contribution in [0.4, 0.5) is 5.69 Å². The summed E-state index contributed by atoms with van der Waals surface area (Å²) in [6.07, 6.45) is 3.16. The highest BCUT2D eigenvalue weighted by molar-refractivity contribution is 7.92. The maximum absolute atomic E-state index is 12.6. The van der Waals surface area contributed by atoms with E-state index in [1.807, 2.05) is 0 Å². The molecule has 0 bridgehead atoms. The van der Waals surface area contributed by atoms with Crippen LogP contribution < -0.4 is 13.8 Å². The number of hydrogen-bond donors (Lipinski definition) is 0. The van der Waals surface area contributed by atoms with Crippen LogP contribution >= 0.6 is 0 Å². The standard InChI is InChI=1S/C17H24N2O5S/c1-13-4-3-7-18(11-13)17(20)12-19(25(2,21)22)14-5-6-15-16(10-14)24-9-8-23-15/h5-6,10,13H,3-4,7-9,11-12H2,1-2H3/t13-/m1/s1. The molecule has 1 amide bonds. The number of amides is 1. The molecule has 2 aliphatic rings. The van der Waals surface area contributed by atoms with E-state index in [4.69, 9.17) is 9.47 Å². The maximum Gasteiger partial charge on any atom is 0.243 e. The first-order valence-electron chi connectivity index (χ1n) is 8.50. The van der Waals surface area contributed by atoms with E-state index in [-0.39, 0.29) is 12.5 Å². The van der Waals surface area contributed by atoms with Gasteiger partial charge >= 0.3 is 0 Å². The molecule has 1 atom stereocenters. The molecule has 0 radical (unpaired) electrons. The number of rotatable bonds is 4. The summed E-state index contributed by atoms with van der Waals surface area (Å²) < 4.78 is 36.6. The Balaban J connectivity index is 1.82. The van der Waals surface area contributed by atoms with E-state index in [1.54, 1.807) is 23.1 Å². The number of nitrogens with zero attached hydrogens (tertiary/aromatic N) is 2. The van der Waals surface area contributed by atoms with Crippen molar-refractivity contribution in [3.05, 3.63) is 18.2 Å². The van der Waals surface area contributed by atoms with Crippen molar-refractivity contribution in [3.63, 3.8) is 0 Å². The zero-order valence-corrected chi connectivity index (χ0v) is 15.4. The Morgan fingerprint density at radius 3 is 2.68 bits per heavy atom. The van der Waals surface area contributed by atoms with Gasteiger partial charge < -0.3 is 14.4 Å². The minimum absolute atomic E-state index is 0.174. The lowest BCUT2D eigenvalue weighted by Crippen LogP contribution is -2.46. The number of ether oxygens (including phenoxy) is 2. The zero-order chi connectivity index (χ0) is 18.0. The molecule has 2 aliphatic heterocycles. The first-order chi connectivity index (χ1) is 11.8. The van der Waals surface area contributed by atoms with Gasteiger partial charge in [0.25, 0.3) is 0 Å². The molecule has 0 N–H and O–H groups in total. The molecule has 7 nitrogen and oxygen atoms in total. The summed E-state index contributed by atoms with van der Waals surface area (Å²) in [5.74, 6) is 1.35. The molecular formula is C17H24N2O5S. The van der Waals surface area contributed by atoms with Crippen molar-refractivity contribution < 1.29 is 22.7 Å². The summed E-state index contributed by atoms with van der Waals surface area (Å²) in [7, 11) is -3.60. The lowest BCUT2D eigenvalue weighted by molar-refractivity contribution is -0.131. The molecule has 2 heterocycles. The van der Waals surface area contributed by atoms with Crippen LogP contribution in [0.1, 0.15) is 19.8 Å². The average molecular weight is 368 g/mol. The second kappa shape index (κ2) is 7.11. The molecule has 3 rings (SSSR count). The quantitative estimate of drug-likeness (QED) is 0.805. The molecule has 8 heteroatoms. The van der Waals surface area contributed by atoms with Gasteiger partial charge in [-0.05, 0) is 30.9 Å². The normalized spacial score (nSPS) is 20.2. The van der Waals surface area contributed by atoms with Crippen LogP contribution in [0.2, 0.25) is 0 Å². The van der Waals surface area contributed by atoms with Gasteiger partial charge in [0, 0.05) is 19.2 Å². The number of benzene rings is 1. The van der Waals surface area contributed by atoms with Crippen LogP contribution in [0.15, 0.2) is 18.2 Å². The van der Waals surface area contributed by atoms with Crippen molar-refractivity contribution in [1.82, 2.24) is 4.90 Å². The number of hydrogen-bond acceptors (Lipinski definition) is 5. The molecule has 0 aromatic heterocycles. The summed E-state index contributed by atoms with van der Waals surface area (Å²) in [5.41, 5.74) is 0.408. The van der Waals surface area contributed by atoms with Gasteiger partial charge in [-0.2, -0.15) is 0 Å². The van der Waals surface area contributed by atoms with Crippen molar-refractivity contribution in [2.24, 2.45) is 5.92 Å². The fourth-order valence-electron chi connectivity index (χ4n) is 3.23. The highest BCUT2D eigenvalue weighted by Crippen LogP contribution is 2.34. The first-order valence-corrected chi connectivity index (χ1v) is 10.3. The predicted molar refractivity (Wildman–Crippen MR) is 94.6 cm³/mol. The van der Waals surface area contributed by atoms with Crippen molar-refractivity contribution in [2.45, 2.75) is 19.8 Å². The molecular weight excluding hydrogens is 344 g/mol. The second-order valence-corrected chi connectivity index (χ2v) is 8.59. The zero-order valence-electron chi connectivity index (χ0n) is 14.6. The molecule has 1 aromatic rings. The number of fused-ring (bicyclic) bond motifs is 1. The monoisotopic (exact) mass is 368 g/mol. The Bertz CT molecular complexity index is 749. The number of sulfonamides is 1. The molecule has 0 unspecified atom stereocenters. The van der Waals surface area contributed by atoms with Crippen molar-refractivity contribution in [3.8, 4) is 11.5 Å². The topological polar surface area (TPSA) is 76.2 Å².